The van der Waals surface area contributed by atoms with Crippen molar-refractivity contribution in [2.45, 2.75) is 57.9 Å². The molecule has 10 heteroatoms. The predicted molar refractivity (Wildman–Crippen MR) is 169 cm³/mol. The third-order valence-corrected chi connectivity index (χ3v) is 8.36. The van der Waals surface area contributed by atoms with Gasteiger partial charge in [-0.15, -0.1) is 0 Å². The summed E-state index contributed by atoms with van der Waals surface area (Å²) in [7, 11) is 0. The predicted octanol–water partition coefficient (Wildman–Crippen LogP) is 4.92. The number of fused-ring (bicyclic) bond motifs is 6. The molecular formula is C33H38N4O5S. The minimum atomic E-state index is -0.875. The molecule has 0 bridgehead atoms. The lowest BCUT2D eigenvalue weighted by molar-refractivity contribution is -0.130. The van der Waals surface area contributed by atoms with Crippen LogP contribution in [0.4, 0.5) is 11.4 Å². The van der Waals surface area contributed by atoms with Crippen LogP contribution in [0.5, 0.6) is 11.5 Å². The van der Waals surface area contributed by atoms with Gasteiger partial charge in [0.1, 0.15) is 23.6 Å². The highest BCUT2D eigenvalue weighted by molar-refractivity contribution is 7.98. The molecule has 3 amide bonds. The molecule has 0 saturated heterocycles. The number of amides is 3. The van der Waals surface area contributed by atoms with E-state index in [9.17, 15) is 14.4 Å². The van der Waals surface area contributed by atoms with Crippen molar-refractivity contribution in [3.05, 3.63) is 82.9 Å². The first-order chi connectivity index (χ1) is 20.6. The lowest BCUT2D eigenvalue weighted by Crippen LogP contribution is -2.52. The summed E-state index contributed by atoms with van der Waals surface area (Å²) >= 11 is 1.58. The average molecular weight is 603 g/mol. The van der Waals surface area contributed by atoms with Gasteiger partial charge in [-0.3, -0.25) is 14.4 Å². The number of rotatable bonds is 10. The summed E-state index contributed by atoms with van der Waals surface area (Å²) in [6.07, 6.45) is 2.83. The van der Waals surface area contributed by atoms with Gasteiger partial charge in [-0.1, -0.05) is 38.1 Å². The summed E-state index contributed by atoms with van der Waals surface area (Å²) in [6.45, 7) is 5.78. The number of carbonyl (C=O) groups excluding carboxylic acids is 3. The van der Waals surface area contributed by atoms with E-state index < -0.39 is 17.7 Å². The summed E-state index contributed by atoms with van der Waals surface area (Å²) in [5.74, 6) is 0.939. The van der Waals surface area contributed by atoms with E-state index >= 15 is 0 Å². The summed E-state index contributed by atoms with van der Waals surface area (Å²) < 4.78 is 12.9. The van der Waals surface area contributed by atoms with Gasteiger partial charge in [0, 0.05) is 41.6 Å². The van der Waals surface area contributed by atoms with Crippen LogP contribution in [0.15, 0.2) is 60.7 Å². The van der Waals surface area contributed by atoms with Crippen LogP contribution in [0.1, 0.15) is 55.9 Å². The van der Waals surface area contributed by atoms with E-state index in [1.165, 1.54) is 6.92 Å². The van der Waals surface area contributed by atoms with Crippen LogP contribution >= 0.6 is 11.8 Å². The van der Waals surface area contributed by atoms with Crippen LogP contribution < -0.4 is 26.4 Å². The second-order valence-corrected chi connectivity index (χ2v) is 12.4. The van der Waals surface area contributed by atoms with Crippen molar-refractivity contribution in [3.63, 3.8) is 0 Å². The van der Waals surface area contributed by atoms with Gasteiger partial charge in [0.25, 0.3) is 0 Å². The molecule has 43 heavy (non-hydrogen) atoms. The highest BCUT2D eigenvalue weighted by atomic mass is 32.2. The smallest absolute Gasteiger partial charge is 0.246 e. The van der Waals surface area contributed by atoms with Crippen LogP contribution in [-0.2, 0) is 31.3 Å². The van der Waals surface area contributed by atoms with Crippen molar-refractivity contribution in [1.82, 2.24) is 10.6 Å². The highest BCUT2D eigenvalue weighted by Crippen LogP contribution is 2.56. The lowest BCUT2D eigenvalue weighted by atomic mass is 9.77. The van der Waals surface area contributed by atoms with Gasteiger partial charge in [-0.2, -0.15) is 11.8 Å². The largest absolute Gasteiger partial charge is 0.456 e. The molecule has 226 valence electrons. The number of benzene rings is 3. The van der Waals surface area contributed by atoms with Crippen molar-refractivity contribution >= 4 is 40.9 Å². The van der Waals surface area contributed by atoms with Gasteiger partial charge < -0.3 is 31.2 Å². The molecule has 2 aliphatic heterocycles. The van der Waals surface area contributed by atoms with Crippen molar-refractivity contribution in [1.29, 1.82) is 0 Å². The zero-order valence-corrected chi connectivity index (χ0v) is 25.7. The van der Waals surface area contributed by atoms with E-state index in [1.807, 2.05) is 56.5 Å². The Morgan fingerprint density at radius 2 is 1.65 bits per heavy atom. The van der Waals surface area contributed by atoms with Crippen LogP contribution in [0.2, 0.25) is 0 Å². The molecule has 3 atom stereocenters. The minimum absolute atomic E-state index is 0.177. The van der Waals surface area contributed by atoms with E-state index in [0.717, 1.165) is 22.3 Å². The lowest BCUT2D eigenvalue weighted by Gasteiger charge is -2.37. The molecule has 2 heterocycles. The number of carbonyl (C=O) groups is 3. The first-order valence-corrected chi connectivity index (χ1v) is 15.8. The Morgan fingerprint density at radius 1 is 0.930 bits per heavy atom. The number of nitrogens with two attached hydrogens (primary N) is 1. The molecule has 0 aromatic heterocycles. The molecule has 0 fully saturated rings. The maximum Gasteiger partial charge on any atom is 0.246 e. The average Bonchev–Trinajstić information content (AvgIpc) is 3.34. The molecule has 0 aliphatic carbocycles. The van der Waals surface area contributed by atoms with Crippen LogP contribution in [0.3, 0.4) is 0 Å². The maximum atomic E-state index is 13.5. The molecule has 0 saturated carbocycles. The third-order valence-electron chi connectivity index (χ3n) is 7.72. The molecule has 5 N–H and O–H groups in total. The van der Waals surface area contributed by atoms with Gasteiger partial charge >= 0.3 is 0 Å². The van der Waals surface area contributed by atoms with Crippen molar-refractivity contribution < 1.29 is 23.9 Å². The number of nitrogens with one attached hydrogen (secondary N) is 3. The first kappa shape index (κ1) is 30.4. The van der Waals surface area contributed by atoms with Gasteiger partial charge in [0.2, 0.25) is 17.7 Å². The Bertz CT molecular complexity index is 1540. The second-order valence-electron chi connectivity index (χ2n) is 11.4. The fourth-order valence-corrected chi connectivity index (χ4v) is 6.28. The van der Waals surface area contributed by atoms with Crippen molar-refractivity contribution in [3.8, 4) is 11.5 Å². The van der Waals surface area contributed by atoms with Gasteiger partial charge in [-0.25, -0.2) is 0 Å². The summed E-state index contributed by atoms with van der Waals surface area (Å²) in [4.78, 5) is 38.5. The number of ether oxygens (including phenoxy) is 2. The van der Waals surface area contributed by atoms with E-state index in [0.29, 0.717) is 48.1 Å². The standard InChI is InChI=1S/C33H38N4O5S/c1-19(2)15-28(35-20(3)38)32(40)37-27(13-14-43-4)31(39)36-23-10-12-26-30(17-23)42-29-16-22(34)9-11-25(29)33(26)24-8-6-5-7-21(24)18-41-33/h5-12,16-17,19,27-28H,13-15,18,34H2,1-4H3,(H,35,38)(H,36,39)(H,37,40)/t27-,28?,33?/m0/s1. The van der Waals surface area contributed by atoms with Crippen molar-refractivity contribution in [2.75, 3.05) is 23.1 Å². The normalized spacial score (nSPS) is 17.7. The summed E-state index contributed by atoms with van der Waals surface area (Å²) in [5, 5.41) is 8.55. The van der Waals surface area contributed by atoms with Gasteiger partial charge in [0.05, 0.1) is 6.61 Å². The Hall–Kier alpha value is -4.02. The fraction of sp³-hybridized carbons (Fsp3) is 0.364. The monoisotopic (exact) mass is 602 g/mol. The molecule has 9 nitrogen and oxygen atoms in total. The minimum Gasteiger partial charge on any atom is -0.456 e. The zero-order chi connectivity index (χ0) is 30.7. The van der Waals surface area contributed by atoms with E-state index in [4.69, 9.17) is 15.2 Å². The highest BCUT2D eigenvalue weighted by Gasteiger charge is 2.49. The van der Waals surface area contributed by atoms with Crippen LogP contribution in [0.25, 0.3) is 0 Å². The number of anilines is 2. The molecule has 1 spiro atoms. The van der Waals surface area contributed by atoms with Gasteiger partial charge in [0.15, 0.2) is 5.60 Å². The molecule has 2 aliphatic rings. The van der Waals surface area contributed by atoms with E-state index in [2.05, 4.69) is 28.1 Å². The molecular weight excluding hydrogens is 564 g/mol. The number of thioether (sulfide) groups is 1. The molecule has 3 aromatic carbocycles. The second kappa shape index (κ2) is 12.7. The third kappa shape index (κ3) is 6.21. The van der Waals surface area contributed by atoms with Gasteiger partial charge in [-0.05, 0) is 66.2 Å². The summed E-state index contributed by atoms with van der Waals surface area (Å²) in [5.41, 5.74) is 10.2. The van der Waals surface area contributed by atoms with Crippen molar-refractivity contribution in [2.24, 2.45) is 5.92 Å². The Morgan fingerprint density at radius 3 is 2.37 bits per heavy atom. The topological polar surface area (TPSA) is 132 Å². The molecule has 5 rings (SSSR count). The molecule has 0 radical (unpaired) electrons. The Kier molecular flexibility index (Phi) is 8.98. The summed E-state index contributed by atoms with van der Waals surface area (Å²) in [6, 6.07) is 17.7. The number of nitrogen functional groups attached to an aromatic ring is 1. The van der Waals surface area contributed by atoms with Crippen LogP contribution in [-0.4, -0.2) is 41.8 Å². The van der Waals surface area contributed by atoms with Crippen LogP contribution in [0, 0.1) is 5.92 Å². The van der Waals surface area contributed by atoms with E-state index in [1.54, 1.807) is 23.9 Å². The first-order valence-electron chi connectivity index (χ1n) is 14.4. The fourth-order valence-electron chi connectivity index (χ4n) is 5.81. The quantitative estimate of drug-likeness (QED) is 0.242. The molecule has 2 unspecified atom stereocenters. The SMILES string of the molecule is CSCC[C@H](NC(=O)C(CC(C)C)NC(C)=O)C(=O)Nc1ccc2c(c1)Oc1cc(N)ccc1C21OCc2ccccc21. The maximum absolute atomic E-state index is 13.5. The Balaban J connectivity index is 1.43. The molecule has 3 aromatic rings. The number of hydrogen-bond donors (Lipinski definition) is 4. The van der Waals surface area contributed by atoms with E-state index in [-0.39, 0.29) is 23.6 Å². The zero-order valence-electron chi connectivity index (χ0n) is 24.9. The number of hydrogen-bond acceptors (Lipinski definition) is 7. The Labute approximate surface area is 256 Å².